The minimum atomic E-state index is -0.288. The van der Waals surface area contributed by atoms with Crippen molar-refractivity contribution in [3.63, 3.8) is 0 Å². The van der Waals surface area contributed by atoms with Crippen LogP contribution in [0, 0.1) is 0 Å². The Balaban J connectivity index is 1.69. The van der Waals surface area contributed by atoms with Gasteiger partial charge in [0.25, 0.3) is 5.56 Å². The Morgan fingerprint density at radius 1 is 1.33 bits per heavy atom. The number of ether oxygens (including phenoxy) is 1. The lowest BCUT2D eigenvalue weighted by molar-refractivity contribution is 0.0775. The van der Waals surface area contributed by atoms with Gasteiger partial charge in [-0.25, -0.2) is 9.78 Å². The molecule has 2 aromatic heterocycles. The Bertz CT molecular complexity index is 796. The summed E-state index contributed by atoms with van der Waals surface area (Å²) in [7, 11) is 0. The summed E-state index contributed by atoms with van der Waals surface area (Å²) in [6, 6.07) is 4.58. The second kappa shape index (κ2) is 6.88. The molecule has 1 amide bonds. The van der Waals surface area contributed by atoms with Crippen LogP contribution in [0.2, 0.25) is 0 Å². The van der Waals surface area contributed by atoms with Gasteiger partial charge in [0.15, 0.2) is 11.4 Å². The number of carbonyl (C=O) groups excluding carboxylic acids is 1. The number of piperazine rings is 1. The minimum Gasteiger partial charge on any atom is -0.504 e. The van der Waals surface area contributed by atoms with Gasteiger partial charge in [-0.1, -0.05) is 0 Å². The van der Waals surface area contributed by atoms with Crippen molar-refractivity contribution in [2.24, 2.45) is 0 Å². The van der Waals surface area contributed by atoms with Crippen LogP contribution in [-0.4, -0.2) is 63.2 Å². The number of hydrogen-bond donors (Lipinski definition) is 1. The molecule has 0 radical (unpaired) electrons. The van der Waals surface area contributed by atoms with Gasteiger partial charge in [0.05, 0.1) is 12.3 Å². The van der Waals surface area contributed by atoms with Gasteiger partial charge in [-0.05, 0) is 19.1 Å². The summed E-state index contributed by atoms with van der Waals surface area (Å²) >= 11 is 0. The molecule has 1 N–H and O–H groups in total. The van der Waals surface area contributed by atoms with Gasteiger partial charge in [-0.3, -0.25) is 14.1 Å². The standard InChI is InChI=1S/C16H20N4O4/c1-2-24-16(23)19-8-6-18(7-9-19)11-12-10-14(22)20-5-3-4-13(21)15(20)17-12/h3-5,10,21H,2,6-9,11H2,1H3. The molecule has 1 saturated heterocycles. The summed E-state index contributed by atoms with van der Waals surface area (Å²) in [4.78, 5) is 32.0. The fourth-order valence-corrected chi connectivity index (χ4v) is 2.77. The highest BCUT2D eigenvalue weighted by Crippen LogP contribution is 2.15. The highest BCUT2D eigenvalue weighted by Gasteiger charge is 2.22. The van der Waals surface area contributed by atoms with E-state index in [0.717, 1.165) is 0 Å². The van der Waals surface area contributed by atoms with Crippen LogP contribution in [0.4, 0.5) is 4.79 Å². The first kappa shape index (κ1) is 16.3. The first-order chi connectivity index (χ1) is 11.6. The monoisotopic (exact) mass is 332 g/mol. The Labute approximate surface area is 138 Å². The summed E-state index contributed by atoms with van der Waals surface area (Å²) in [6.45, 7) is 5.17. The van der Waals surface area contributed by atoms with Gasteiger partial charge in [0.1, 0.15) is 0 Å². The van der Waals surface area contributed by atoms with Crippen LogP contribution in [0.15, 0.2) is 29.2 Å². The largest absolute Gasteiger partial charge is 0.504 e. The fourth-order valence-electron chi connectivity index (χ4n) is 2.77. The molecule has 0 aliphatic carbocycles. The molecule has 1 aliphatic rings. The van der Waals surface area contributed by atoms with Crippen molar-refractivity contribution in [3.8, 4) is 5.75 Å². The molecule has 0 aromatic carbocycles. The van der Waals surface area contributed by atoms with Crippen molar-refractivity contribution in [3.05, 3.63) is 40.4 Å². The van der Waals surface area contributed by atoms with Crippen LogP contribution in [0.1, 0.15) is 12.6 Å². The number of pyridine rings is 1. The molecule has 0 unspecified atom stereocenters. The van der Waals surface area contributed by atoms with Crippen molar-refractivity contribution in [1.82, 2.24) is 19.2 Å². The molecular formula is C16H20N4O4. The van der Waals surface area contributed by atoms with E-state index in [0.29, 0.717) is 45.0 Å². The van der Waals surface area contributed by atoms with Gasteiger partial charge >= 0.3 is 6.09 Å². The number of amides is 1. The van der Waals surface area contributed by atoms with Gasteiger partial charge < -0.3 is 14.7 Å². The number of carbonyl (C=O) groups is 1. The molecule has 1 fully saturated rings. The van der Waals surface area contributed by atoms with E-state index >= 15 is 0 Å². The first-order valence-electron chi connectivity index (χ1n) is 7.93. The highest BCUT2D eigenvalue weighted by molar-refractivity contribution is 5.67. The summed E-state index contributed by atoms with van der Waals surface area (Å²) in [5.74, 6) is -0.0245. The van der Waals surface area contributed by atoms with Crippen LogP contribution in [0.5, 0.6) is 5.75 Å². The Morgan fingerprint density at radius 3 is 2.79 bits per heavy atom. The number of aromatic nitrogens is 2. The smallest absolute Gasteiger partial charge is 0.409 e. The lowest BCUT2D eigenvalue weighted by Crippen LogP contribution is -2.48. The van der Waals surface area contributed by atoms with Gasteiger partial charge in [0.2, 0.25) is 0 Å². The summed E-state index contributed by atoms with van der Waals surface area (Å²) in [6.07, 6.45) is 1.29. The third-order valence-electron chi connectivity index (χ3n) is 4.01. The second-order valence-electron chi connectivity index (χ2n) is 5.63. The molecule has 2 aromatic rings. The molecule has 128 valence electrons. The van der Waals surface area contributed by atoms with Crippen LogP contribution < -0.4 is 5.56 Å². The molecule has 8 heteroatoms. The van der Waals surface area contributed by atoms with Gasteiger partial charge in [-0.15, -0.1) is 0 Å². The average Bonchev–Trinajstić information content (AvgIpc) is 2.57. The van der Waals surface area contributed by atoms with Crippen molar-refractivity contribution < 1.29 is 14.6 Å². The fraction of sp³-hybridized carbons (Fsp3) is 0.438. The van der Waals surface area contributed by atoms with Crippen LogP contribution in [0.3, 0.4) is 0 Å². The molecule has 0 spiro atoms. The lowest BCUT2D eigenvalue weighted by atomic mass is 10.3. The zero-order valence-corrected chi connectivity index (χ0v) is 13.5. The number of nitrogens with zero attached hydrogens (tertiary/aromatic N) is 4. The van der Waals surface area contributed by atoms with Crippen molar-refractivity contribution in [1.29, 1.82) is 0 Å². The van der Waals surface area contributed by atoms with E-state index in [1.165, 1.54) is 16.5 Å². The van der Waals surface area contributed by atoms with E-state index in [2.05, 4.69) is 9.88 Å². The zero-order valence-electron chi connectivity index (χ0n) is 13.5. The Kier molecular flexibility index (Phi) is 4.66. The number of hydrogen-bond acceptors (Lipinski definition) is 6. The molecule has 24 heavy (non-hydrogen) atoms. The quantitative estimate of drug-likeness (QED) is 0.889. The number of aromatic hydroxyl groups is 1. The normalized spacial score (nSPS) is 15.6. The van der Waals surface area contributed by atoms with Gasteiger partial charge in [0, 0.05) is 45.0 Å². The predicted molar refractivity (Wildman–Crippen MR) is 87.0 cm³/mol. The topological polar surface area (TPSA) is 87.4 Å². The van der Waals surface area contributed by atoms with E-state index < -0.39 is 0 Å². The van der Waals surface area contributed by atoms with Crippen LogP contribution >= 0.6 is 0 Å². The molecule has 0 bridgehead atoms. The minimum absolute atomic E-state index is 0.0245. The Hall–Kier alpha value is -2.61. The van der Waals surface area contributed by atoms with Crippen LogP contribution in [0.25, 0.3) is 5.65 Å². The summed E-state index contributed by atoms with van der Waals surface area (Å²) in [5, 5.41) is 9.88. The number of rotatable bonds is 3. The molecule has 3 rings (SSSR count). The molecule has 0 atom stereocenters. The summed E-state index contributed by atoms with van der Waals surface area (Å²) in [5.41, 5.74) is 0.632. The van der Waals surface area contributed by atoms with E-state index in [9.17, 15) is 14.7 Å². The maximum Gasteiger partial charge on any atom is 0.409 e. The van der Waals surface area contributed by atoms with Crippen molar-refractivity contribution in [2.45, 2.75) is 13.5 Å². The molecular weight excluding hydrogens is 312 g/mol. The van der Waals surface area contributed by atoms with Crippen molar-refractivity contribution >= 4 is 11.7 Å². The van der Waals surface area contributed by atoms with E-state index in [1.54, 1.807) is 24.1 Å². The molecule has 8 nitrogen and oxygen atoms in total. The van der Waals surface area contributed by atoms with E-state index in [4.69, 9.17) is 4.74 Å². The third-order valence-corrected chi connectivity index (χ3v) is 4.01. The Morgan fingerprint density at radius 2 is 2.08 bits per heavy atom. The van der Waals surface area contributed by atoms with Crippen LogP contribution in [-0.2, 0) is 11.3 Å². The third kappa shape index (κ3) is 3.33. The maximum atomic E-state index is 12.1. The number of fused-ring (bicyclic) bond motifs is 1. The predicted octanol–water partition coefficient (Wildman–Crippen LogP) is 0.674. The summed E-state index contributed by atoms with van der Waals surface area (Å²) < 4.78 is 6.31. The first-order valence-corrected chi connectivity index (χ1v) is 7.93. The lowest BCUT2D eigenvalue weighted by Gasteiger charge is -2.33. The van der Waals surface area contributed by atoms with E-state index in [-0.39, 0.29) is 23.0 Å². The van der Waals surface area contributed by atoms with E-state index in [1.807, 2.05) is 0 Å². The SMILES string of the molecule is CCOC(=O)N1CCN(Cc2cc(=O)n3cccc(O)c3n2)CC1. The van der Waals surface area contributed by atoms with Crippen molar-refractivity contribution in [2.75, 3.05) is 32.8 Å². The molecule has 0 saturated carbocycles. The molecule has 3 heterocycles. The van der Waals surface area contributed by atoms with Gasteiger partial charge in [-0.2, -0.15) is 0 Å². The zero-order chi connectivity index (χ0) is 17.1. The highest BCUT2D eigenvalue weighted by atomic mass is 16.6. The average molecular weight is 332 g/mol. The maximum absolute atomic E-state index is 12.1. The second-order valence-corrected chi connectivity index (χ2v) is 5.63. The molecule has 1 aliphatic heterocycles.